The van der Waals surface area contributed by atoms with Gasteiger partial charge < -0.3 is 5.11 Å². The van der Waals surface area contributed by atoms with Gasteiger partial charge in [0.25, 0.3) is 0 Å². The number of rotatable bonds is 3. The maximum Gasteiger partial charge on any atom is 0.115 e. The highest BCUT2D eigenvalue weighted by molar-refractivity contribution is 5.25. The van der Waals surface area contributed by atoms with Crippen molar-refractivity contribution in [3.63, 3.8) is 0 Å². The van der Waals surface area contributed by atoms with Gasteiger partial charge in [-0.1, -0.05) is 55.8 Å². The lowest BCUT2D eigenvalue weighted by Gasteiger charge is -2.02. The van der Waals surface area contributed by atoms with Crippen molar-refractivity contribution in [2.45, 2.75) is 33.1 Å². The highest BCUT2D eigenvalue weighted by Gasteiger charge is 1.94. The third kappa shape index (κ3) is 5.53. The molecule has 0 bridgehead atoms. The topological polar surface area (TPSA) is 20.2 Å². The minimum Gasteiger partial charge on any atom is -0.508 e. The van der Waals surface area contributed by atoms with Crippen molar-refractivity contribution in [1.82, 2.24) is 0 Å². The van der Waals surface area contributed by atoms with Crippen molar-refractivity contribution in [3.05, 3.63) is 65.7 Å². The minimum absolute atomic E-state index is 0.322. The average Bonchev–Trinajstić information content (AvgIpc) is 2.39. The van der Waals surface area contributed by atoms with Gasteiger partial charge in [0.2, 0.25) is 0 Å². The molecule has 0 aromatic heterocycles. The predicted octanol–water partition coefficient (Wildman–Crippen LogP) is 4.73. The molecule has 96 valence electrons. The van der Waals surface area contributed by atoms with Crippen LogP contribution < -0.4 is 0 Å². The second-order valence-corrected chi connectivity index (χ2v) is 4.37. The first-order chi connectivity index (χ1) is 8.74. The molecule has 18 heavy (non-hydrogen) atoms. The Morgan fingerprint density at radius 3 is 2.00 bits per heavy atom. The normalized spacial score (nSPS) is 9.44. The van der Waals surface area contributed by atoms with Crippen molar-refractivity contribution in [1.29, 1.82) is 0 Å². The Bertz CT molecular complexity index is 434. The number of hydrogen-bond donors (Lipinski definition) is 1. The average molecular weight is 242 g/mol. The summed E-state index contributed by atoms with van der Waals surface area (Å²) in [7, 11) is 0. The second-order valence-electron chi connectivity index (χ2n) is 4.37. The Labute approximate surface area is 110 Å². The van der Waals surface area contributed by atoms with E-state index in [9.17, 15) is 0 Å². The summed E-state index contributed by atoms with van der Waals surface area (Å²) in [5, 5.41) is 8.63. The van der Waals surface area contributed by atoms with Crippen LogP contribution in [-0.4, -0.2) is 5.11 Å². The van der Waals surface area contributed by atoms with E-state index in [0.29, 0.717) is 5.75 Å². The lowest BCUT2D eigenvalue weighted by molar-refractivity contribution is 0.475. The quantitative estimate of drug-likeness (QED) is 0.825. The first-order valence-electron chi connectivity index (χ1n) is 6.52. The highest BCUT2D eigenvalue weighted by Crippen LogP contribution is 2.09. The van der Waals surface area contributed by atoms with Gasteiger partial charge in [-0.05, 0) is 43.0 Å². The van der Waals surface area contributed by atoms with E-state index in [-0.39, 0.29) is 0 Å². The van der Waals surface area contributed by atoms with E-state index in [1.807, 2.05) is 6.07 Å². The zero-order valence-electron chi connectivity index (χ0n) is 11.3. The number of phenols is 1. The molecule has 0 aliphatic rings. The fourth-order valence-corrected chi connectivity index (χ4v) is 1.69. The molecular weight excluding hydrogens is 220 g/mol. The number of phenolic OH excluding ortho intramolecular Hbond substituents is 1. The van der Waals surface area contributed by atoms with Gasteiger partial charge in [0.1, 0.15) is 5.75 Å². The second kappa shape index (κ2) is 8.35. The van der Waals surface area contributed by atoms with Crippen LogP contribution in [0, 0.1) is 6.92 Å². The van der Waals surface area contributed by atoms with E-state index < -0.39 is 0 Å². The van der Waals surface area contributed by atoms with Gasteiger partial charge in [0, 0.05) is 0 Å². The van der Waals surface area contributed by atoms with Crippen LogP contribution in [0.2, 0.25) is 0 Å². The van der Waals surface area contributed by atoms with Gasteiger partial charge in [-0.15, -0.1) is 0 Å². The zero-order valence-corrected chi connectivity index (χ0v) is 11.3. The van der Waals surface area contributed by atoms with Crippen molar-refractivity contribution in [2.75, 3.05) is 0 Å². The van der Waals surface area contributed by atoms with E-state index in [1.54, 1.807) is 24.3 Å². The highest BCUT2D eigenvalue weighted by atomic mass is 16.3. The summed E-state index contributed by atoms with van der Waals surface area (Å²) in [5.41, 5.74) is 2.94. The molecule has 2 rings (SSSR count). The van der Waals surface area contributed by atoms with Gasteiger partial charge in [0.05, 0.1) is 0 Å². The molecule has 1 N–H and O–H groups in total. The molecule has 0 saturated carbocycles. The lowest BCUT2D eigenvalue weighted by Crippen LogP contribution is -1.87. The van der Waals surface area contributed by atoms with Crippen LogP contribution in [-0.2, 0) is 6.42 Å². The van der Waals surface area contributed by atoms with E-state index in [4.69, 9.17) is 5.11 Å². The van der Waals surface area contributed by atoms with Crippen molar-refractivity contribution in [3.8, 4) is 5.75 Å². The number of unbranched alkanes of at least 4 members (excludes halogenated alkanes) is 1. The van der Waals surface area contributed by atoms with Crippen LogP contribution in [0.3, 0.4) is 0 Å². The summed E-state index contributed by atoms with van der Waals surface area (Å²) in [6.45, 7) is 4.42. The summed E-state index contributed by atoms with van der Waals surface area (Å²) in [6.07, 6.45) is 3.84. The Morgan fingerprint density at radius 2 is 1.50 bits per heavy atom. The van der Waals surface area contributed by atoms with Crippen LogP contribution in [0.1, 0.15) is 30.9 Å². The zero-order chi connectivity index (χ0) is 13.2. The Morgan fingerprint density at radius 1 is 0.889 bits per heavy atom. The first kappa shape index (κ1) is 14.3. The first-order valence-corrected chi connectivity index (χ1v) is 6.52. The summed E-state index contributed by atoms with van der Waals surface area (Å²) in [6, 6.07) is 17.4. The minimum atomic E-state index is 0.322. The lowest BCUT2D eigenvalue weighted by atomic mass is 10.0. The molecule has 2 aromatic rings. The molecule has 0 unspecified atom stereocenters. The largest absolute Gasteiger partial charge is 0.508 e. The van der Waals surface area contributed by atoms with E-state index in [2.05, 4.69) is 38.1 Å². The molecule has 0 fully saturated rings. The number of para-hydroxylation sites is 1. The fourth-order valence-electron chi connectivity index (χ4n) is 1.69. The van der Waals surface area contributed by atoms with Crippen LogP contribution in [0.5, 0.6) is 5.75 Å². The molecule has 0 spiro atoms. The van der Waals surface area contributed by atoms with Crippen LogP contribution in [0.15, 0.2) is 54.6 Å². The molecule has 0 aliphatic heterocycles. The standard InChI is InChI=1S/C11H16.C6H6O/c1-3-4-8-11-9-6-5-7-10(11)2;7-6-4-2-1-3-5-6/h5-7,9H,3-4,8H2,1-2H3;1-5,7H. The number of aryl methyl sites for hydroxylation is 2. The Kier molecular flexibility index (Phi) is 6.63. The molecular formula is C17H22O. The van der Waals surface area contributed by atoms with E-state index in [0.717, 1.165) is 0 Å². The third-order valence-electron chi connectivity index (χ3n) is 2.82. The maximum absolute atomic E-state index is 8.63. The van der Waals surface area contributed by atoms with Crippen LogP contribution in [0.4, 0.5) is 0 Å². The molecule has 2 aromatic carbocycles. The van der Waals surface area contributed by atoms with Crippen molar-refractivity contribution < 1.29 is 5.11 Å². The van der Waals surface area contributed by atoms with Gasteiger partial charge in [-0.2, -0.15) is 0 Å². The molecule has 0 atom stereocenters. The predicted molar refractivity (Wildman–Crippen MR) is 77.9 cm³/mol. The SMILES string of the molecule is CCCCc1ccccc1C.Oc1ccccc1. The summed E-state index contributed by atoms with van der Waals surface area (Å²) in [4.78, 5) is 0. The van der Waals surface area contributed by atoms with Gasteiger partial charge in [0.15, 0.2) is 0 Å². The molecule has 1 heteroatoms. The monoisotopic (exact) mass is 242 g/mol. The number of benzene rings is 2. The van der Waals surface area contributed by atoms with Crippen LogP contribution >= 0.6 is 0 Å². The molecule has 0 saturated heterocycles. The smallest absolute Gasteiger partial charge is 0.115 e. The van der Waals surface area contributed by atoms with Crippen LogP contribution in [0.25, 0.3) is 0 Å². The number of hydrogen-bond acceptors (Lipinski definition) is 1. The fraction of sp³-hybridized carbons (Fsp3) is 0.294. The summed E-state index contributed by atoms with van der Waals surface area (Å²) >= 11 is 0. The summed E-state index contributed by atoms with van der Waals surface area (Å²) < 4.78 is 0. The molecule has 0 radical (unpaired) electrons. The summed E-state index contributed by atoms with van der Waals surface area (Å²) in [5.74, 6) is 0.322. The third-order valence-corrected chi connectivity index (χ3v) is 2.82. The van der Waals surface area contributed by atoms with Gasteiger partial charge in [-0.25, -0.2) is 0 Å². The van der Waals surface area contributed by atoms with Crippen molar-refractivity contribution in [2.24, 2.45) is 0 Å². The van der Waals surface area contributed by atoms with Gasteiger partial charge in [-0.3, -0.25) is 0 Å². The van der Waals surface area contributed by atoms with E-state index >= 15 is 0 Å². The Hall–Kier alpha value is -1.76. The van der Waals surface area contributed by atoms with E-state index in [1.165, 1.54) is 30.4 Å². The van der Waals surface area contributed by atoms with Gasteiger partial charge >= 0.3 is 0 Å². The molecule has 1 nitrogen and oxygen atoms in total. The maximum atomic E-state index is 8.63. The molecule has 0 amide bonds. The number of aromatic hydroxyl groups is 1. The molecule has 0 aliphatic carbocycles. The molecule has 0 heterocycles. The van der Waals surface area contributed by atoms with Crippen molar-refractivity contribution >= 4 is 0 Å². The Balaban J connectivity index is 0.000000199.